The van der Waals surface area contributed by atoms with Gasteiger partial charge in [-0.1, -0.05) is 18.2 Å². The second kappa shape index (κ2) is 12.1. The number of likely N-dealkylation sites (tertiary alicyclic amines) is 1. The number of hydrogen-bond acceptors (Lipinski definition) is 5. The maximum Gasteiger partial charge on any atom is 0.410 e. The van der Waals surface area contributed by atoms with E-state index in [2.05, 4.69) is 46.4 Å². The maximum atomic E-state index is 13.6. The van der Waals surface area contributed by atoms with Crippen LogP contribution in [0, 0.1) is 19.3 Å². The number of allylic oxidation sites excluding steroid dienone is 2. The predicted octanol–water partition coefficient (Wildman–Crippen LogP) is 6.68. The van der Waals surface area contributed by atoms with Crippen LogP contribution >= 0.6 is 0 Å². The molecule has 1 saturated carbocycles. The van der Waals surface area contributed by atoms with Gasteiger partial charge in [-0.2, -0.15) is 0 Å². The van der Waals surface area contributed by atoms with Crippen LogP contribution in [0.25, 0.3) is 0 Å². The monoisotopic (exact) mass is 572 g/mol. The van der Waals surface area contributed by atoms with Gasteiger partial charge in [0.15, 0.2) is 0 Å². The lowest BCUT2D eigenvalue weighted by Gasteiger charge is -2.54. The highest BCUT2D eigenvalue weighted by molar-refractivity contribution is 5.97. The summed E-state index contributed by atoms with van der Waals surface area (Å²) in [5.74, 6) is -0.0258. The molecule has 0 bridgehead atoms. The van der Waals surface area contributed by atoms with E-state index in [0.717, 1.165) is 92.7 Å². The molecule has 1 spiro atoms. The van der Waals surface area contributed by atoms with Gasteiger partial charge in [0.2, 0.25) is 0 Å². The molecule has 7 nitrogen and oxygen atoms in total. The molecular formula is C35H48N4O3. The fourth-order valence-electron chi connectivity index (χ4n) is 7.18. The highest BCUT2D eigenvalue weighted by Gasteiger charge is 2.48. The second-order valence-electron chi connectivity index (χ2n) is 13.5. The van der Waals surface area contributed by atoms with Crippen LogP contribution in [0.1, 0.15) is 98.2 Å². The zero-order chi connectivity index (χ0) is 30.1. The summed E-state index contributed by atoms with van der Waals surface area (Å²) in [6.07, 6.45) is 11.3. The van der Waals surface area contributed by atoms with Gasteiger partial charge in [-0.05, 0) is 121 Å². The van der Waals surface area contributed by atoms with E-state index in [9.17, 15) is 9.59 Å². The normalized spacial score (nSPS) is 19.9. The first-order chi connectivity index (χ1) is 20.0. The summed E-state index contributed by atoms with van der Waals surface area (Å²) in [5, 5.41) is 3.23. The third-order valence-corrected chi connectivity index (χ3v) is 9.25. The Hall–Kier alpha value is -3.35. The Morgan fingerprint density at radius 1 is 1.14 bits per heavy atom. The Morgan fingerprint density at radius 2 is 1.88 bits per heavy atom. The van der Waals surface area contributed by atoms with Crippen molar-refractivity contribution in [2.75, 3.05) is 24.5 Å². The summed E-state index contributed by atoms with van der Waals surface area (Å²) >= 11 is 0. The van der Waals surface area contributed by atoms with Crippen LogP contribution in [0.2, 0.25) is 0 Å². The molecule has 2 aromatic rings. The molecule has 1 aromatic heterocycles. The van der Waals surface area contributed by atoms with E-state index >= 15 is 0 Å². The van der Waals surface area contributed by atoms with E-state index in [-0.39, 0.29) is 17.4 Å². The van der Waals surface area contributed by atoms with E-state index in [4.69, 9.17) is 4.74 Å². The van der Waals surface area contributed by atoms with Crippen molar-refractivity contribution in [3.63, 3.8) is 0 Å². The number of ether oxygens (including phenoxy) is 1. The summed E-state index contributed by atoms with van der Waals surface area (Å²) in [6.45, 7) is 15.0. The van der Waals surface area contributed by atoms with Gasteiger partial charge in [0.1, 0.15) is 5.60 Å². The Kier molecular flexibility index (Phi) is 8.68. The number of nitrogens with zero attached hydrogens (tertiary/aromatic N) is 3. The van der Waals surface area contributed by atoms with Crippen LogP contribution in [0.15, 0.2) is 36.4 Å². The topological polar surface area (TPSA) is 74.8 Å². The van der Waals surface area contributed by atoms with Crippen molar-refractivity contribution in [1.82, 2.24) is 15.2 Å². The minimum Gasteiger partial charge on any atom is -0.444 e. The lowest BCUT2D eigenvalue weighted by molar-refractivity contribution is -0.0505. The van der Waals surface area contributed by atoms with Gasteiger partial charge in [0.05, 0.1) is 0 Å². The summed E-state index contributed by atoms with van der Waals surface area (Å²) in [4.78, 5) is 35.2. The molecule has 5 rings (SSSR count). The number of nitrogens with one attached hydrogen (secondary N) is 1. The average molecular weight is 573 g/mol. The molecular weight excluding hydrogens is 524 g/mol. The largest absolute Gasteiger partial charge is 0.444 e. The highest BCUT2D eigenvalue weighted by Crippen LogP contribution is 2.46. The number of amides is 2. The molecule has 2 aliphatic heterocycles. The first-order valence-electron chi connectivity index (χ1n) is 15.7. The van der Waals surface area contributed by atoms with Gasteiger partial charge in [0, 0.05) is 60.3 Å². The average Bonchev–Trinajstić information content (AvgIpc) is 2.90. The van der Waals surface area contributed by atoms with Crippen molar-refractivity contribution in [2.45, 2.75) is 105 Å². The van der Waals surface area contributed by atoms with Gasteiger partial charge in [-0.3, -0.25) is 9.78 Å². The Labute approximate surface area is 251 Å². The first kappa shape index (κ1) is 30.1. The number of carbonyl (C=O) groups excluding carboxylic acids is 2. The van der Waals surface area contributed by atoms with E-state index < -0.39 is 5.60 Å². The van der Waals surface area contributed by atoms with Crippen molar-refractivity contribution in [3.05, 3.63) is 70.1 Å². The van der Waals surface area contributed by atoms with Crippen molar-refractivity contribution in [3.8, 4) is 0 Å². The van der Waals surface area contributed by atoms with Crippen LogP contribution in [-0.4, -0.2) is 53.2 Å². The molecule has 7 heteroatoms. The predicted molar refractivity (Wildman–Crippen MR) is 168 cm³/mol. The second-order valence-corrected chi connectivity index (χ2v) is 13.5. The number of aryl methyl sites for hydroxylation is 3. The first-order valence-corrected chi connectivity index (χ1v) is 15.7. The molecule has 0 unspecified atom stereocenters. The molecule has 0 radical (unpaired) electrons. The third kappa shape index (κ3) is 6.50. The van der Waals surface area contributed by atoms with Crippen molar-refractivity contribution < 1.29 is 14.3 Å². The van der Waals surface area contributed by atoms with Crippen LogP contribution in [0.4, 0.5) is 10.5 Å². The summed E-state index contributed by atoms with van der Waals surface area (Å²) in [5.41, 5.74) is 7.21. The number of fused-ring (bicyclic) bond motifs is 2. The number of hydrogen-bond donors (Lipinski definition) is 1. The van der Waals surface area contributed by atoms with Gasteiger partial charge in [-0.15, -0.1) is 0 Å². The van der Waals surface area contributed by atoms with Gasteiger partial charge < -0.3 is 19.9 Å². The van der Waals surface area contributed by atoms with Crippen molar-refractivity contribution in [2.24, 2.45) is 5.41 Å². The smallest absolute Gasteiger partial charge is 0.410 e. The lowest BCUT2D eigenvalue weighted by Crippen LogP contribution is -2.61. The molecule has 0 atom stereocenters. The van der Waals surface area contributed by atoms with Crippen LogP contribution in [-0.2, 0) is 24.1 Å². The van der Waals surface area contributed by atoms with Gasteiger partial charge >= 0.3 is 6.09 Å². The Bertz CT molecular complexity index is 1340. The zero-order valence-electron chi connectivity index (χ0n) is 26.4. The van der Waals surface area contributed by atoms with E-state index in [1.54, 1.807) is 0 Å². The minimum absolute atomic E-state index is 0.0258. The summed E-state index contributed by atoms with van der Waals surface area (Å²) in [6, 6.07) is 8.77. The molecule has 3 heterocycles. The lowest BCUT2D eigenvalue weighted by atomic mass is 9.67. The van der Waals surface area contributed by atoms with E-state index in [1.807, 2.05) is 51.7 Å². The van der Waals surface area contributed by atoms with Crippen LogP contribution in [0.3, 0.4) is 0 Å². The number of aromatic nitrogens is 1. The number of anilines is 1. The number of benzene rings is 1. The fourth-order valence-corrected chi connectivity index (χ4v) is 7.18. The Morgan fingerprint density at radius 3 is 2.57 bits per heavy atom. The number of carbonyl (C=O) groups is 2. The number of rotatable bonds is 3. The molecule has 1 aromatic carbocycles. The summed E-state index contributed by atoms with van der Waals surface area (Å²) in [7, 11) is 0. The van der Waals surface area contributed by atoms with Crippen LogP contribution < -0.4 is 10.2 Å². The van der Waals surface area contributed by atoms with Crippen molar-refractivity contribution in [1.29, 1.82) is 0 Å². The van der Waals surface area contributed by atoms with Gasteiger partial charge in [-0.25, -0.2) is 4.79 Å². The standard InChI is InChI=1S/C35H48N4O3/c1-7-39(27-16-18-35(19-17-27)22-38(23-35)33(41)42-34(4,5)6)31-15-11-14-29-28(31)13-10-8-9-12-26-20-24(2)37-25(3)30(26)21-36-32(29)40/h8,10-11,14-15,20,27H,7,9,12-13,16-19,21-23H2,1-6H3,(H,36,40)/b10-8+. The van der Waals surface area contributed by atoms with Gasteiger partial charge in [0.25, 0.3) is 5.91 Å². The molecule has 1 N–H and O–H groups in total. The third-order valence-electron chi connectivity index (χ3n) is 9.25. The maximum absolute atomic E-state index is 13.6. The molecule has 42 heavy (non-hydrogen) atoms. The SMILES string of the molecule is CCN(c1cccc2c1C/C=C/CCc1cc(C)nc(C)c1CNC2=O)C1CCC2(CC1)CN(C(=O)OC(C)(C)C)C2. The van der Waals surface area contributed by atoms with E-state index in [0.29, 0.717) is 12.6 Å². The van der Waals surface area contributed by atoms with Crippen molar-refractivity contribution >= 4 is 17.7 Å². The molecule has 2 fully saturated rings. The summed E-state index contributed by atoms with van der Waals surface area (Å²) < 4.78 is 5.59. The van der Waals surface area contributed by atoms with E-state index in [1.165, 1.54) is 11.3 Å². The molecule has 3 aliphatic rings. The Balaban J connectivity index is 1.31. The highest BCUT2D eigenvalue weighted by atomic mass is 16.6. The molecule has 1 saturated heterocycles. The molecule has 1 aliphatic carbocycles. The molecule has 226 valence electrons. The number of pyridine rings is 1. The van der Waals surface area contributed by atoms with Crippen LogP contribution in [0.5, 0.6) is 0 Å². The fraction of sp³-hybridized carbons (Fsp3) is 0.571. The molecule has 2 amide bonds. The minimum atomic E-state index is -0.464. The quantitative estimate of drug-likeness (QED) is 0.416. The zero-order valence-corrected chi connectivity index (χ0v) is 26.4.